The molecule has 6 nitrogen and oxygen atoms in total. The summed E-state index contributed by atoms with van der Waals surface area (Å²) in [4.78, 5) is 25.3. The average molecular weight is 445 g/mol. The van der Waals surface area contributed by atoms with Crippen LogP contribution in [0.2, 0.25) is 10.0 Å². The first-order valence-electron chi connectivity index (χ1n) is 9.68. The van der Waals surface area contributed by atoms with Crippen LogP contribution in [0.4, 0.5) is 5.95 Å². The van der Waals surface area contributed by atoms with Crippen LogP contribution in [0.5, 0.6) is 0 Å². The van der Waals surface area contributed by atoms with Crippen molar-refractivity contribution in [2.75, 3.05) is 19.0 Å². The summed E-state index contributed by atoms with van der Waals surface area (Å²) in [5.41, 5.74) is 3.50. The van der Waals surface area contributed by atoms with Gasteiger partial charge in [0.15, 0.2) is 0 Å². The smallest absolute Gasteiger partial charge is 0.292 e. The zero-order chi connectivity index (χ0) is 21.1. The molecule has 0 saturated heterocycles. The Labute approximate surface area is 185 Å². The van der Waals surface area contributed by atoms with Crippen molar-refractivity contribution in [1.29, 1.82) is 0 Å². The molecule has 0 atom stereocenters. The second-order valence-corrected chi connectivity index (χ2v) is 8.08. The highest BCUT2D eigenvalue weighted by Gasteiger charge is 2.24. The highest BCUT2D eigenvalue weighted by atomic mass is 35.5. The predicted octanol–water partition coefficient (Wildman–Crippen LogP) is 3.78. The van der Waals surface area contributed by atoms with Crippen molar-refractivity contribution in [1.82, 2.24) is 14.6 Å². The summed E-state index contributed by atoms with van der Waals surface area (Å²) in [6.45, 7) is 2.62. The van der Waals surface area contributed by atoms with Gasteiger partial charge in [0.1, 0.15) is 7.11 Å². The standard InChI is InChI=1S/C22H22Cl2N4O2/c1-30-28-21(29)19-14-27(13-16-4-8-18(24)9-5-16)11-10-20(19)26-22(28)25-12-15-2-6-17(23)7-3-15/h2-9H,10-14H2,1H3,(H,25,26). The molecule has 156 valence electrons. The maximum absolute atomic E-state index is 13.1. The number of nitrogens with one attached hydrogen (secondary N) is 1. The molecule has 0 aliphatic carbocycles. The molecule has 1 N–H and O–H groups in total. The molecule has 2 heterocycles. The van der Waals surface area contributed by atoms with Crippen molar-refractivity contribution >= 4 is 29.2 Å². The van der Waals surface area contributed by atoms with E-state index in [1.54, 1.807) is 0 Å². The van der Waals surface area contributed by atoms with Crippen molar-refractivity contribution in [3.05, 3.63) is 91.3 Å². The molecule has 0 saturated carbocycles. The lowest BCUT2D eigenvalue weighted by Crippen LogP contribution is -2.40. The first kappa shape index (κ1) is 20.7. The first-order valence-corrected chi connectivity index (χ1v) is 10.4. The molecule has 0 unspecified atom stereocenters. The van der Waals surface area contributed by atoms with Gasteiger partial charge in [0.25, 0.3) is 5.56 Å². The van der Waals surface area contributed by atoms with Gasteiger partial charge in [0.05, 0.1) is 11.3 Å². The molecule has 8 heteroatoms. The summed E-state index contributed by atoms with van der Waals surface area (Å²) in [5.74, 6) is 0.405. The van der Waals surface area contributed by atoms with Crippen LogP contribution in [0.15, 0.2) is 53.3 Å². The van der Waals surface area contributed by atoms with Gasteiger partial charge >= 0.3 is 0 Å². The number of nitrogens with zero attached hydrogens (tertiary/aromatic N) is 3. The van der Waals surface area contributed by atoms with Crippen molar-refractivity contribution in [2.24, 2.45) is 0 Å². The molecular weight excluding hydrogens is 423 g/mol. The number of fused-ring (bicyclic) bond motifs is 1. The van der Waals surface area contributed by atoms with Crippen molar-refractivity contribution in [3.8, 4) is 0 Å². The third-order valence-corrected chi connectivity index (χ3v) is 5.64. The van der Waals surface area contributed by atoms with Gasteiger partial charge in [-0.25, -0.2) is 4.98 Å². The van der Waals surface area contributed by atoms with E-state index in [9.17, 15) is 4.79 Å². The normalized spacial score (nSPS) is 13.7. The number of rotatable bonds is 6. The molecule has 0 fully saturated rings. The van der Waals surface area contributed by atoms with Crippen LogP contribution in [-0.4, -0.2) is 28.3 Å². The Morgan fingerprint density at radius 1 is 1.03 bits per heavy atom. The van der Waals surface area contributed by atoms with Crippen LogP contribution in [0.3, 0.4) is 0 Å². The molecular formula is C22H22Cl2N4O2. The minimum Gasteiger partial charge on any atom is -0.411 e. The Balaban J connectivity index is 1.52. The van der Waals surface area contributed by atoms with E-state index >= 15 is 0 Å². The van der Waals surface area contributed by atoms with Crippen molar-refractivity contribution in [3.63, 3.8) is 0 Å². The van der Waals surface area contributed by atoms with Gasteiger partial charge in [0.2, 0.25) is 5.95 Å². The molecule has 1 aromatic heterocycles. The fourth-order valence-electron chi connectivity index (χ4n) is 3.56. The molecule has 0 bridgehead atoms. The zero-order valence-corrected chi connectivity index (χ0v) is 18.1. The quantitative estimate of drug-likeness (QED) is 0.626. The number of hydrogen-bond donors (Lipinski definition) is 1. The molecule has 3 aromatic rings. The van der Waals surface area contributed by atoms with Crippen LogP contribution < -0.4 is 15.7 Å². The highest BCUT2D eigenvalue weighted by molar-refractivity contribution is 6.30. The van der Waals surface area contributed by atoms with Crippen molar-refractivity contribution in [2.45, 2.75) is 26.1 Å². The minimum absolute atomic E-state index is 0.179. The molecule has 0 radical (unpaired) electrons. The summed E-state index contributed by atoms with van der Waals surface area (Å²) < 4.78 is 1.22. The summed E-state index contributed by atoms with van der Waals surface area (Å²) >= 11 is 11.9. The maximum atomic E-state index is 13.1. The molecule has 2 aromatic carbocycles. The van der Waals surface area contributed by atoms with Crippen molar-refractivity contribution < 1.29 is 4.84 Å². The number of benzene rings is 2. The summed E-state index contributed by atoms with van der Waals surface area (Å²) in [5, 5.41) is 4.60. The van der Waals surface area contributed by atoms with E-state index in [0.29, 0.717) is 41.1 Å². The lowest BCUT2D eigenvalue weighted by Gasteiger charge is -2.28. The molecule has 30 heavy (non-hydrogen) atoms. The zero-order valence-electron chi connectivity index (χ0n) is 16.6. The van der Waals surface area contributed by atoms with Gasteiger partial charge in [-0.05, 0) is 35.4 Å². The Morgan fingerprint density at radius 3 is 2.30 bits per heavy atom. The molecule has 4 rings (SSSR count). The number of halogens is 2. The third kappa shape index (κ3) is 4.61. The molecule has 0 spiro atoms. The van der Waals surface area contributed by atoms with E-state index in [0.717, 1.165) is 29.9 Å². The Morgan fingerprint density at radius 2 is 1.67 bits per heavy atom. The average Bonchev–Trinajstić information content (AvgIpc) is 2.75. The lowest BCUT2D eigenvalue weighted by molar-refractivity contribution is 0.153. The maximum Gasteiger partial charge on any atom is 0.292 e. The second-order valence-electron chi connectivity index (χ2n) is 7.21. The molecule has 0 amide bonds. The Kier molecular flexibility index (Phi) is 6.27. The second kappa shape index (κ2) is 9.08. The Bertz CT molecular complexity index is 1080. The Hall–Kier alpha value is -2.54. The van der Waals surface area contributed by atoms with Gasteiger partial charge in [-0.3, -0.25) is 9.69 Å². The molecule has 1 aliphatic rings. The predicted molar refractivity (Wildman–Crippen MR) is 119 cm³/mol. The van der Waals surface area contributed by atoms with E-state index in [2.05, 4.69) is 15.2 Å². The van der Waals surface area contributed by atoms with E-state index in [4.69, 9.17) is 28.0 Å². The van der Waals surface area contributed by atoms with E-state index in [1.807, 2.05) is 48.5 Å². The third-order valence-electron chi connectivity index (χ3n) is 5.14. The van der Waals surface area contributed by atoms with E-state index < -0.39 is 0 Å². The minimum atomic E-state index is -0.179. The number of aromatic nitrogens is 2. The van der Waals surface area contributed by atoms with Gasteiger partial charge in [0, 0.05) is 42.6 Å². The van der Waals surface area contributed by atoms with Gasteiger partial charge in [-0.15, -0.1) is 4.73 Å². The van der Waals surface area contributed by atoms with Gasteiger partial charge < -0.3 is 10.2 Å². The largest absolute Gasteiger partial charge is 0.411 e. The summed E-state index contributed by atoms with van der Waals surface area (Å²) in [6, 6.07) is 15.3. The SMILES string of the molecule is COn1c(NCc2ccc(Cl)cc2)nc2c(c1=O)CN(Cc1ccc(Cl)cc1)CC2. The van der Waals surface area contributed by atoms with E-state index in [1.165, 1.54) is 11.8 Å². The van der Waals surface area contributed by atoms with Crippen LogP contribution >= 0.6 is 23.2 Å². The molecule has 1 aliphatic heterocycles. The van der Waals surface area contributed by atoms with E-state index in [-0.39, 0.29) is 5.56 Å². The monoisotopic (exact) mass is 444 g/mol. The number of hydrogen-bond acceptors (Lipinski definition) is 5. The van der Waals surface area contributed by atoms with Crippen LogP contribution in [0.25, 0.3) is 0 Å². The van der Waals surface area contributed by atoms with Crippen LogP contribution in [0.1, 0.15) is 22.4 Å². The van der Waals surface area contributed by atoms with Gasteiger partial charge in [-0.1, -0.05) is 47.5 Å². The van der Waals surface area contributed by atoms with Gasteiger partial charge in [-0.2, -0.15) is 0 Å². The fourth-order valence-corrected chi connectivity index (χ4v) is 3.81. The topological polar surface area (TPSA) is 59.4 Å². The number of anilines is 1. The lowest BCUT2D eigenvalue weighted by atomic mass is 10.1. The van der Waals surface area contributed by atoms with Crippen LogP contribution in [0, 0.1) is 0 Å². The summed E-state index contributed by atoms with van der Waals surface area (Å²) in [7, 11) is 1.47. The highest BCUT2D eigenvalue weighted by Crippen LogP contribution is 2.19. The first-order chi connectivity index (χ1) is 14.5. The van der Waals surface area contributed by atoms with Crippen LogP contribution in [-0.2, 0) is 26.1 Å². The summed E-state index contributed by atoms with van der Waals surface area (Å²) in [6.07, 6.45) is 0.707. The fraction of sp³-hybridized carbons (Fsp3) is 0.273.